The van der Waals surface area contributed by atoms with Gasteiger partial charge in [0.25, 0.3) is 0 Å². The number of rotatable bonds is 1. The summed E-state index contributed by atoms with van der Waals surface area (Å²) in [7, 11) is 3.25. The molecular weight excluding hydrogens is 216 g/mol. The molecule has 0 bridgehead atoms. The molecule has 2 N–H and O–H groups in total. The minimum atomic E-state index is -1.50. The summed E-state index contributed by atoms with van der Waals surface area (Å²) in [5.74, 6) is -0.639. The molecule has 1 rings (SSSR count). The van der Waals surface area contributed by atoms with Crippen LogP contribution in [0.1, 0.15) is 53.4 Å². The summed E-state index contributed by atoms with van der Waals surface area (Å²) in [6, 6.07) is 0. The zero-order valence-corrected chi connectivity index (χ0v) is 12.5. The standard InChI is InChI=1S/C7H12.C3H8O2.C2H6O.C2H6/c1-2-7-5-3-4-6-7;1-3(2,4)5;1-3-2;1-2/h2,7H,1,3-6H2;4-5H,1-2H3;1-2H3;1-2H3. The molecule has 0 heterocycles. The van der Waals surface area contributed by atoms with Crippen LogP contribution in [0.5, 0.6) is 0 Å². The van der Waals surface area contributed by atoms with Gasteiger partial charge in [0, 0.05) is 14.2 Å². The lowest BCUT2D eigenvalue weighted by Crippen LogP contribution is -2.15. The van der Waals surface area contributed by atoms with Gasteiger partial charge < -0.3 is 14.9 Å². The molecule has 1 fully saturated rings. The van der Waals surface area contributed by atoms with Crippen LogP contribution in [0.15, 0.2) is 12.7 Å². The van der Waals surface area contributed by atoms with Crippen molar-refractivity contribution in [1.29, 1.82) is 0 Å². The van der Waals surface area contributed by atoms with Crippen molar-refractivity contribution in [1.82, 2.24) is 0 Å². The Balaban J connectivity index is -0.000000174. The predicted molar refractivity (Wildman–Crippen MR) is 75.0 cm³/mol. The Morgan fingerprint density at radius 3 is 1.47 bits per heavy atom. The minimum Gasteiger partial charge on any atom is -0.388 e. The second-order valence-corrected chi connectivity index (χ2v) is 4.18. The molecule has 1 saturated carbocycles. The van der Waals surface area contributed by atoms with Crippen molar-refractivity contribution < 1.29 is 14.9 Å². The average Bonchev–Trinajstić information content (AvgIpc) is 2.72. The Labute approximate surface area is 108 Å². The van der Waals surface area contributed by atoms with Gasteiger partial charge in [-0.05, 0) is 32.6 Å². The maximum atomic E-state index is 8.08. The Bertz CT molecular complexity index is 127. The zero-order chi connectivity index (χ0) is 14.3. The van der Waals surface area contributed by atoms with Crippen molar-refractivity contribution in [3.05, 3.63) is 12.7 Å². The van der Waals surface area contributed by atoms with Crippen LogP contribution in [0, 0.1) is 5.92 Å². The van der Waals surface area contributed by atoms with Crippen LogP contribution in [-0.2, 0) is 4.74 Å². The number of methoxy groups -OCH3 is 1. The highest BCUT2D eigenvalue weighted by Crippen LogP contribution is 2.24. The van der Waals surface area contributed by atoms with E-state index in [-0.39, 0.29) is 0 Å². The van der Waals surface area contributed by atoms with E-state index in [9.17, 15) is 0 Å². The van der Waals surface area contributed by atoms with Gasteiger partial charge in [0.15, 0.2) is 5.79 Å². The van der Waals surface area contributed by atoms with Gasteiger partial charge >= 0.3 is 0 Å². The van der Waals surface area contributed by atoms with E-state index in [4.69, 9.17) is 10.2 Å². The first-order valence-corrected chi connectivity index (χ1v) is 6.32. The fourth-order valence-electron chi connectivity index (χ4n) is 1.19. The van der Waals surface area contributed by atoms with Crippen LogP contribution in [0.2, 0.25) is 0 Å². The van der Waals surface area contributed by atoms with Crippen molar-refractivity contribution in [2.24, 2.45) is 5.92 Å². The molecule has 106 valence electrons. The molecule has 0 amide bonds. The number of aliphatic hydroxyl groups is 2. The van der Waals surface area contributed by atoms with Crippen molar-refractivity contribution in [3.63, 3.8) is 0 Å². The minimum absolute atomic E-state index is 0.861. The van der Waals surface area contributed by atoms with Gasteiger partial charge in [-0.15, -0.1) is 6.58 Å². The van der Waals surface area contributed by atoms with E-state index < -0.39 is 5.79 Å². The number of hydrogen-bond acceptors (Lipinski definition) is 3. The van der Waals surface area contributed by atoms with Gasteiger partial charge in [-0.3, -0.25) is 0 Å². The summed E-state index contributed by atoms with van der Waals surface area (Å²) >= 11 is 0. The molecule has 3 nitrogen and oxygen atoms in total. The Hall–Kier alpha value is -0.380. The highest BCUT2D eigenvalue weighted by atomic mass is 16.5. The monoisotopic (exact) mass is 248 g/mol. The van der Waals surface area contributed by atoms with E-state index in [1.165, 1.54) is 39.5 Å². The lowest BCUT2D eigenvalue weighted by atomic mass is 10.1. The highest BCUT2D eigenvalue weighted by molar-refractivity contribution is 4.82. The number of hydrogen-bond donors (Lipinski definition) is 2. The van der Waals surface area contributed by atoms with E-state index in [1.54, 1.807) is 14.2 Å². The van der Waals surface area contributed by atoms with Gasteiger partial charge in [-0.1, -0.05) is 32.8 Å². The molecular formula is C14H32O3. The van der Waals surface area contributed by atoms with Crippen molar-refractivity contribution in [2.75, 3.05) is 14.2 Å². The lowest BCUT2D eigenvalue weighted by molar-refractivity contribution is -0.127. The largest absolute Gasteiger partial charge is 0.388 e. The maximum Gasteiger partial charge on any atom is 0.156 e. The molecule has 3 heteroatoms. The smallest absolute Gasteiger partial charge is 0.156 e. The topological polar surface area (TPSA) is 49.7 Å². The van der Waals surface area contributed by atoms with E-state index in [2.05, 4.69) is 17.4 Å². The third-order valence-electron chi connectivity index (χ3n) is 1.73. The average molecular weight is 248 g/mol. The first-order chi connectivity index (χ1) is 7.85. The van der Waals surface area contributed by atoms with Gasteiger partial charge in [0.1, 0.15) is 0 Å². The third kappa shape index (κ3) is 39.0. The van der Waals surface area contributed by atoms with Crippen LogP contribution in [0.3, 0.4) is 0 Å². The number of allylic oxidation sites excluding steroid dienone is 1. The van der Waals surface area contributed by atoms with Crippen LogP contribution < -0.4 is 0 Å². The normalized spacial score (nSPS) is 14.4. The van der Waals surface area contributed by atoms with Gasteiger partial charge in [0.05, 0.1) is 0 Å². The lowest BCUT2D eigenvalue weighted by Gasteiger charge is -2.03. The second kappa shape index (κ2) is 15.6. The van der Waals surface area contributed by atoms with E-state index in [0.717, 1.165) is 5.92 Å². The quantitative estimate of drug-likeness (QED) is 0.552. The molecule has 0 aromatic carbocycles. The molecule has 0 atom stereocenters. The van der Waals surface area contributed by atoms with Crippen molar-refractivity contribution >= 4 is 0 Å². The molecule has 0 aromatic rings. The Morgan fingerprint density at radius 2 is 1.35 bits per heavy atom. The first kappa shape index (κ1) is 21.9. The second-order valence-electron chi connectivity index (χ2n) is 4.18. The molecule has 0 radical (unpaired) electrons. The zero-order valence-electron chi connectivity index (χ0n) is 12.5. The number of ether oxygens (including phenoxy) is 1. The van der Waals surface area contributed by atoms with Crippen LogP contribution in [-0.4, -0.2) is 30.2 Å². The highest BCUT2D eigenvalue weighted by Gasteiger charge is 2.09. The summed E-state index contributed by atoms with van der Waals surface area (Å²) in [5, 5.41) is 16.2. The van der Waals surface area contributed by atoms with Gasteiger partial charge in [0.2, 0.25) is 0 Å². The molecule has 0 unspecified atom stereocenters. The molecule has 0 saturated heterocycles. The summed E-state index contributed by atoms with van der Waals surface area (Å²) in [4.78, 5) is 0. The molecule has 0 spiro atoms. The molecule has 0 aliphatic heterocycles. The SMILES string of the molecule is C=CC1CCCC1.CC.CC(C)(O)O.COC. The van der Waals surface area contributed by atoms with Crippen LogP contribution >= 0.6 is 0 Å². The van der Waals surface area contributed by atoms with Crippen LogP contribution in [0.4, 0.5) is 0 Å². The summed E-state index contributed by atoms with van der Waals surface area (Å²) in [6.45, 7) is 10.3. The first-order valence-electron chi connectivity index (χ1n) is 6.32. The van der Waals surface area contributed by atoms with Gasteiger partial charge in [-0.25, -0.2) is 0 Å². The summed E-state index contributed by atoms with van der Waals surface area (Å²) in [6.07, 6.45) is 7.73. The summed E-state index contributed by atoms with van der Waals surface area (Å²) < 4.78 is 4.25. The maximum absolute atomic E-state index is 8.08. The van der Waals surface area contributed by atoms with Crippen molar-refractivity contribution in [2.45, 2.75) is 59.2 Å². The molecule has 17 heavy (non-hydrogen) atoms. The fourth-order valence-corrected chi connectivity index (χ4v) is 1.19. The predicted octanol–water partition coefficient (Wildman–Crippen LogP) is 3.36. The molecule has 0 aromatic heterocycles. The van der Waals surface area contributed by atoms with Gasteiger partial charge in [-0.2, -0.15) is 0 Å². The Morgan fingerprint density at radius 1 is 1.12 bits per heavy atom. The molecule has 1 aliphatic rings. The Kier molecular flexibility index (Phi) is 20.1. The fraction of sp³-hybridized carbons (Fsp3) is 0.857. The molecule has 1 aliphatic carbocycles. The van der Waals surface area contributed by atoms with E-state index in [1.807, 2.05) is 13.8 Å². The van der Waals surface area contributed by atoms with Crippen molar-refractivity contribution in [3.8, 4) is 0 Å². The summed E-state index contributed by atoms with van der Waals surface area (Å²) in [5.41, 5.74) is 0. The van der Waals surface area contributed by atoms with Crippen LogP contribution in [0.25, 0.3) is 0 Å². The van der Waals surface area contributed by atoms with E-state index in [0.29, 0.717) is 0 Å². The van der Waals surface area contributed by atoms with E-state index >= 15 is 0 Å². The third-order valence-corrected chi connectivity index (χ3v) is 1.73.